The van der Waals surface area contributed by atoms with Crippen molar-refractivity contribution in [1.29, 1.82) is 0 Å². The molecule has 3 rings (SSSR count). The molecule has 0 spiro atoms. The van der Waals surface area contributed by atoms with Gasteiger partial charge in [-0.05, 0) is 36.2 Å². The van der Waals surface area contributed by atoms with Crippen LogP contribution in [0.4, 0.5) is 23.1 Å². The van der Waals surface area contributed by atoms with Crippen molar-refractivity contribution in [3.05, 3.63) is 66.4 Å². The van der Waals surface area contributed by atoms with Gasteiger partial charge in [-0.1, -0.05) is 30.3 Å². The maximum absolute atomic E-state index is 4.45. The van der Waals surface area contributed by atoms with Gasteiger partial charge in [0.05, 0.1) is 6.20 Å². The van der Waals surface area contributed by atoms with Crippen molar-refractivity contribution in [3.8, 4) is 0 Å². The summed E-state index contributed by atoms with van der Waals surface area (Å²) in [4.78, 5) is 6.51. The van der Waals surface area contributed by atoms with Crippen LogP contribution in [0.5, 0.6) is 0 Å². The molecular formula is C19H22N6. The van der Waals surface area contributed by atoms with Crippen LogP contribution in [0.25, 0.3) is 0 Å². The summed E-state index contributed by atoms with van der Waals surface area (Å²) in [5.41, 5.74) is 3.38. The van der Waals surface area contributed by atoms with Crippen molar-refractivity contribution in [1.82, 2.24) is 15.2 Å². The quantitative estimate of drug-likeness (QED) is 0.691. The summed E-state index contributed by atoms with van der Waals surface area (Å²) in [7, 11) is 4.04. The summed E-state index contributed by atoms with van der Waals surface area (Å²) in [5.74, 6) is 1.18. The molecule has 25 heavy (non-hydrogen) atoms. The average molecular weight is 334 g/mol. The molecule has 1 aromatic heterocycles. The van der Waals surface area contributed by atoms with Gasteiger partial charge in [-0.15, -0.1) is 5.10 Å². The van der Waals surface area contributed by atoms with E-state index in [1.807, 2.05) is 44.4 Å². The van der Waals surface area contributed by atoms with E-state index in [1.165, 1.54) is 5.56 Å². The van der Waals surface area contributed by atoms with Crippen LogP contribution in [-0.4, -0.2) is 35.8 Å². The highest BCUT2D eigenvalue weighted by atomic mass is 15.3. The van der Waals surface area contributed by atoms with E-state index in [0.717, 1.165) is 24.3 Å². The highest BCUT2D eigenvalue weighted by Gasteiger charge is 2.02. The molecule has 2 aromatic carbocycles. The van der Waals surface area contributed by atoms with Crippen molar-refractivity contribution in [2.24, 2.45) is 0 Å². The number of nitrogens with zero attached hydrogens (tertiary/aromatic N) is 4. The summed E-state index contributed by atoms with van der Waals surface area (Å²) in [6.07, 6.45) is 2.52. The van der Waals surface area contributed by atoms with E-state index in [9.17, 15) is 0 Å². The van der Waals surface area contributed by atoms with E-state index >= 15 is 0 Å². The lowest BCUT2D eigenvalue weighted by Crippen LogP contribution is -2.10. The molecule has 0 aliphatic carbocycles. The predicted molar refractivity (Wildman–Crippen MR) is 103 cm³/mol. The van der Waals surface area contributed by atoms with Gasteiger partial charge in [0.15, 0.2) is 5.82 Å². The topological polar surface area (TPSA) is 66.0 Å². The molecule has 0 aliphatic heterocycles. The van der Waals surface area contributed by atoms with Gasteiger partial charge in [0.25, 0.3) is 0 Å². The average Bonchev–Trinajstić information content (AvgIpc) is 2.63. The number of hydrogen-bond acceptors (Lipinski definition) is 6. The normalized spacial score (nSPS) is 10.3. The van der Waals surface area contributed by atoms with Gasteiger partial charge in [0, 0.05) is 32.0 Å². The fraction of sp³-hybridized carbons (Fsp3) is 0.211. The van der Waals surface area contributed by atoms with E-state index in [2.05, 4.69) is 55.0 Å². The molecule has 0 radical (unpaired) electrons. The number of anilines is 4. The second kappa shape index (κ2) is 8.10. The smallest absolute Gasteiger partial charge is 0.244 e. The first-order valence-electron chi connectivity index (χ1n) is 8.22. The number of rotatable bonds is 7. The first-order chi connectivity index (χ1) is 12.2. The lowest BCUT2D eigenvalue weighted by atomic mass is 10.1. The molecular weight excluding hydrogens is 312 g/mol. The largest absolute Gasteiger partial charge is 0.378 e. The van der Waals surface area contributed by atoms with Gasteiger partial charge in [-0.3, -0.25) is 0 Å². The second-order valence-electron chi connectivity index (χ2n) is 5.89. The number of benzene rings is 2. The lowest BCUT2D eigenvalue weighted by Gasteiger charge is -2.13. The van der Waals surface area contributed by atoms with Crippen molar-refractivity contribution < 1.29 is 0 Å². The van der Waals surface area contributed by atoms with Gasteiger partial charge >= 0.3 is 0 Å². The lowest BCUT2D eigenvalue weighted by molar-refractivity contribution is 0.929. The Kier molecular flexibility index (Phi) is 5.41. The Balaban J connectivity index is 1.57. The third-order valence-electron chi connectivity index (χ3n) is 3.75. The molecule has 0 atom stereocenters. The Bertz CT molecular complexity index is 787. The van der Waals surface area contributed by atoms with E-state index < -0.39 is 0 Å². The third-order valence-corrected chi connectivity index (χ3v) is 3.75. The summed E-state index contributed by atoms with van der Waals surface area (Å²) in [6, 6.07) is 18.4. The fourth-order valence-electron chi connectivity index (χ4n) is 2.39. The third kappa shape index (κ3) is 4.91. The summed E-state index contributed by atoms with van der Waals surface area (Å²) >= 11 is 0. The predicted octanol–water partition coefficient (Wildman–Crippen LogP) is 3.34. The Morgan fingerprint density at radius 2 is 1.72 bits per heavy atom. The molecule has 0 aliphatic rings. The minimum atomic E-state index is 0.519. The summed E-state index contributed by atoms with van der Waals surface area (Å²) in [5, 5.41) is 14.5. The molecule has 3 aromatic rings. The molecule has 0 fully saturated rings. The SMILES string of the molecule is CN(C)c1ccc(Nc2cnnc(NCCc3ccccc3)n2)cc1. The molecule has 0 saturated heterocycles. The van der Waals surface area contributed by atoms with Gasteiger partial charge in [-0.25, -0.2) is 0 Å². The zero-order valence-corrected chi connectivity index (χ0v) is 14.5. The molecule has 0 saturated carbocycles. The van der Waals surface area contributed by atoms with E-state index in [4.69, 9.17) is 0 Å². The molecule has 0 unspecified atom stereocenters. The van der Waals surface area contributed by atoms with Crippen LogP contribution < -0.4 is 15.5 Å². The van der Waals surface area contributed by atoms with Gasteiger partial charge < -0.3 is 15.5 Å². The first-order valence-corrected chi connectivity index (χ1v) is 8.22. The Labute approximate surface area is 147 Å². The molecule has 2 N–H and O–H groups in total. The highest BCUT2D eigenvalue weighted by molar-refractivity contribution is 5.60. The fourth-order valence-corrected chi connectivity index (χ4v) is 2.39. The molecule has 128 valence electrons. The Hall–Kier alpha value is -3.15. The first kappa shape index (κ1) is 16.7. The van der Waals surface area contributed by atoms with Crippen LogP contribution in [-0.2, 0) is 6.42 Å². The molecule has 6 heteroatoms. The van der Waals surface area contributed by atoms with Crippen molar-refractivity contribution in [2.45, 2.75) is 6.42 Å². The van der Waals surface area contributed by atoms with Crippen molar-refractivity contribution in [3.63, 3.8) is 0 Å². The van der Waals surface area contributed by atoms with Crippen molar-refractivity contribution in [2.75, 3.05) is 36.2 Å². The van der Waals surface area contributed by atoms with Crippen LogP contribution >= 0.6 is 0 Å². The Morgan fingerprint density at radius 3 is 2.44 bits per heavy atom. The maximum Gasteiger partial charge on any atom is 0.244 e. The van der Waals surface area contributed by atoms with Gasteiger partial charge in [0.2, 0.25) is 5.95 Å². The standard InChI is InChI=1S/C19H22N6/c1-25(2)17-10-8-16(9-11-17)22-18-14-21-24-19(23-18)20-13-12-15-6-4-3-5-7-15/h3-11,14H,12-13H2,1-2H3,(H2,20,22,23,24). The zero-order valence-electron chi connectivity index (χ0n) is 14.5. The van der Waals surface area contributed by atoms with Crippen LogP contribution in [0.3, 0.4) is 0 Å². The number of nitrogens with one attached hydrogen (secondary N) is 2. The maximum atomic E-state index is 4.45. The molecule has 6 nitrogen and oxygen atoms in total. The van der Waals surface area contributed by atoms with Gasteiger partial charge in [-0.2, -0.15) is 10.1 Å². The number of hydrogen-bond donors (Lipinski definition) is 2. The summed E-state index contributed by atoms with van der Waals surface area (Å²) in [6.45, 7) is 0.757. The monoisotopic (exact) mass is 334 g/mol. The molecule has 1 heterocycles. The minimum absolute atomic E-state index is 0.519. The van der Waals surface area contributed by atoms with Crippen LogP contribution in [0, 0.1) is 0 Å². The number of aromatic nitrogens is 3. The molecule has 0 amide bonds. The van der Waals surface area contributed by atoms with E-state index in [0.29, 0.717) is 11.8 Å². The van der Waals surface area contributed by atoms with Crippen LogP contribution in [0.2, 0.25) is 0 Å². The van der Waals surface area contributed by atoms with Crippen LogP contribution in [0.15, 0.2) is 60.8 Å². The van der Waals surface area contributed by atoms with Crippen LogP contribution in [0.1, 0.15) is 5.56 Å². The second-order valence-corrected chi connectivity index (χ2v) is 5.89. The van der Waals surface area contributed by atoms with E-state index in [-0.39, 0.29) is 0 Å². The summed E-state index contributed by atoms with van der Waals surface area (Å²) < 4.78 is 0. The van der Waals surface area contributed by atoms with E-state index in [1.54, 1.807) is 6.20 Å². The highest BCUT2D eigenvalue weighted by Crippen LogP contribution is 2.18. The zero-order chi connectivity index (χ0) is 17.5. The van der Waals surface area contributed by atoms with Crippen molar-refractivity contribution >= 4 is 23.1 Å². The minimum Gasteiger partial charge on any atom is -0.378 e. The molecule has 0 bridgehead atoms. The Morgan fingerprint density at radius 1 is 0.960 bits per heavy atom. The van der Waals surface area contributed by atoms with Gasteiger partial charge in [0.1, 0.15) is 0 Å².